The highest BCUT2D eigenvalue weighted by atomic mass is 31.1. The van der Waals surface area contributed by atoms with Crippen LogP contribution in [0.2, 0.25) is 0 Å². The number of para-hydroxylation sites is 8. The van der Waals surface area contributed by atoms with E-state index in [9.17, 15) is 4.57 Å². The Balaban J connectivity index is 0.000000197. The highest BCUT2D eigenvalue weighted by Gasteiger charge is 2.17. The third-order valence-electron chi connectivity index (χ3n) is 13.9. The molecule has 3 aromatic heterocycles. The van der Waals surface area contributed by atoms with Crippen molar-refractivity contribution in [1.82, 2.24) is 14.1 Å². The molecule has 7 heteroatoms. The van der Waals surface area contributed by atoms with Crippen molar-refractivity contribution < 1.29 is 4.57 Å². The van der Waals surface area contributed by atoms with Crippen LogP contribution in [0.4, 0.5) is 22.7 Å². The molecule has 6 nitrogen and oxygen atoms in total. The fourth-order valence-electron chi connectivity index (χ4n) is 10.5. The van der Waals surface area contributed by atoms with E-state index in [-0.39, 0.29) is 8.61 Å². The molecule has 11 aromatic carbocycles. The van der Waals surface area contributed by atoms with Gasteiger partial charge in [-0.15, -0.1) is 0 Å². The maximum atomic E-state index is 11.7. The molecular weight excluding hydrogens is 910 g/mol. The van der Waals surface area contributed by atoms with E-state index >= 15 is 0 Å². The summed E-state index contributed by atoms with van der Waals surface area (Å²) in [6.45, 7) is 0. The van der Waals surface area contributed by atoms with Crippen molar-refractivity contribution in [2.75, 3.05) is 9.99 Å². The van der Waals surface area contributed by atoms with Gasteiger partial charge in [0.15, 0.2) is 0 Å². The summed E-state index contributed by atoms with van der Waals surface area (Å²) >= 11 is 0. The lowest BCUT2D eigenvalue weighted by molar-refractivity contribution is 0.598. The Bertz CT molecular complexity index is 4100. The number of aromatic nitrogens is 3. The monoisotopic (exact) mass is 955 g/mol. The molecule has 0 aliphatic rings. The lowest BCUT2D eigenvalue weighted by atomic mass is 9.99. The van der Waals surface area contributed by atoms with Gasteiger partial charge in [-0.3, -0.25) is 4.67 Å². The summed E-state index contributed by atoms with van der Waals surface area (Å²) in [5, 5.41) is 10.9. The molecule has 73 heavy (non-hydrogen) atoms. The van der Waals surface area contributed by atoms with Crippen molar-refractivity contribution in [3.8, 4) is 33.6 Å². The lowest BCUT2D eigenvalue weighted by Crippen LogP contribution is -2.05. The third kappa shape index (κ3) is 7.97. The Labute approximate surface area is 423 Å². The van der Waals surface area contributed by atoms with Crippen LogP contribution in [0.5, 0.6) is 0 Å². The van der Waals surface area contributed by atoms with Crippen LogP contribution in [0.1, 0.15) is 0 Å². The molecule has 0 fully saturated rings. The normalized spacial score (nSPS) is 11.5. The van der Waals surface area contributed by atoms with E-state index in [2.05, 4.69) is 201 Å². The Morgan fingerprint density at radius 2 is 0.767 bits per heavy atom. The summed E-state index contributed by atoms with van der Waals surface area (Å²) in [5.41, 5.74) is 17.9. The molecule has 0 unspecified atom stereocenters. The first-order valence-corrected chi connectivity index (χ1v) is 25.3. The number of H-pyrrole nitrogens is 1. The quantitative estimate of drug-likeness (QED) is 0.142. The Morgan fingerprint density at radius 1 is 0.356 bits per heavy atom. The SMILES string of the molecule is O=PN(c1ccccc1)c1ccccc1Nc1ccccc1.c1ccc(-n2c3ccccc3c3ccc(-c4ccc5[nH]c6ccc(-c7ccc8c9ccccc9n(-c9ccccc9)c8c7)cc6c5c4)cc32)cc1. The van der Waals surface area contributed by atoms with E-state index in [4.69, 9.17) is 0 Å². The standard InChI is InChI=1S/C48H31N3.C18H15N2OP/c1-3-11-35(12-4-1)50-45-17-9-7-15-37(45)39-23-19-33(29-47(39)50)31-21-25-43-41(27-31)42-28-32(22-26-44(42)49-43)34-20-24-40-38-16-8-10-18-46(38)51(48(40)30-34)36-13-5-2-6-14-36;21-22-20(16-11-5-2-6-12-16)18-14-8-7-13-17(18)19-15-9-3-1-4-10-15/h1-30,49H;1-14,19H. The van der Waals surface area contributed by atoms with Gasteiger partial charge in [0, 0.05) is 60.4 Å². The van der Waals surface area contributed by atoms with Crippen molar-refractivity contribution in [3.05, 3.63) is 267 Å². The molecule has 0 bridgehead atoms. The fourth-order valence-corrected chi connectivity index (χ4v) is 11.0. The van der Waals surface area contributed by atoms with E-state index in [1.807, 2.05) is 84.9 Å². The molecule has 2 N–H and O–H groups in total. The minimum atomic E-state index is -0.0758. The van der Waals surface area contributed by atoms with Crippen LogP contribution < -0.4 is 9.99 Å². The molecule has 0 aliphatic heterocycles. The molecule has 14 rings (SSSR count). The Kier molecular flexibility index (Phi) is 11.1. The Morgan fingerprint density at radius 3 is 1.29 bits per heavy atom. The Hall–Kier alpha value is -9.48. The summed E-state index contributed by atoms with van der Waals surface area (Å²) in [6, 6.07) is 93.6. The number of benzene rings is 11. The molecule has 0 atom stereocenters. The highest BCUT2D eigenvalue weighted by Crippen LogP contribution is 2.41. The predicted octanol–water partition coefficient (Wildman–Crippen LogP) is 18.6. The number of fused-ring (bicyclic) bond motifs is 9. The first kappa shape index (κ1) is 43.5. The van der Waals surface area contributed by atoms with Crippen molar-refractivity contribution in [2.24, 2.45) is 0 Å². The average Bonchev–Trinajstić information content (AvgIpc) is 4.11. The summed E-state index contributed by atoms with van der Waals surface area (Å²) in [6.07, 6.45) is 0. The van der Waals surface area contributed by atoms with Crippen LogP contribution in [-0.4, -0.2) is 14.1 Å². The molecule has 0 aliphatic carbocycles. The van der Waals surface area contributed by atoms with Crippen LogP contribution in [0.25, 0.3) is 99.0 Å². The van der Waals surface area contributed by atoms with E-state index in [1.165, 1.54) is 88.0 Å². The predicted molar refractivity (Wildman–Crippen MR) is 308 cm³/mol. The molecular formula is C66H46N5OP. The van der Waals surface area contributed by atoms with Gasteiger partial charge in [0.1, 0.15) is 0 Å². The van der Waals surface area contributed by atoms with Gasteiger partial charge in [-0.05, 0) is 131 Å². The van der Waals surface area contributed by atoms with Gasteiger partial charge in [-0.25, -0.2) is 4.57 Å². The zero-order valence-corrected chi connectivity index (χ0v) is 40.5. The van der Waals surface area contributed by atoms with Crippen LogP contribution >= 0.6 is 8.61 Å². The van der Waals surface area contributed by atoms with Crippen LogP contribution in [0.3, 0.4) is 0 Å². The van der Waals surface area contributed by atoms with Gasteiger partial charge < -0.3 is 19.4 Å². The first-order chi connectivity index (χ1) is 36.2. The van der Waals surface area contributed by atoms with Gasteiger partial charge >= 0.3 is 0 Å². The first-order valence-electron chi connectivity index (χ1n) is 24.5. The fraction of sp³-hybridized carbons (Fsp3) is 0. The van der Waals surface area contributed by atoms with Gasteiger partial charge in [0.25, 0.3) is 8.61 Å². The van der Waals surface area contributed by atoms with E-state index < -0.39 is 0 Å². The number of nitrogens with one attached hydrogen (secondary N) is 2. The van der Waals surface area contributed by atoms with E-state index in [0.717, 1.165) is 33.8 Å². The molecule has 0 spiro atoms. The zero-order valence-electron chi connectivity index (χ0n) is 39.6. The van der Waals surface area contributed by atoms with Gasteiger partial charge in [-0.1, -0.05) is 158 Å². The second-order valence-electron chi connectivity index (χ2n) is 18.2. The molecule has 0 amide bonds. The molecule has 0 saturated heterocycles. The summed E-state index contributed by atoms with van der Waals surface area (Å²) in [7, 11) is -0.0758. The third-order valence-corrected chi connectivity index (χ3v) is 14.5. The van der Waals surface area contributed by atoms with Crippen molar-refractivity contribution in [3.63, 3.8) is 0 Å². The second kappa shape index (κ2) is 18.7. The maximum absolute atomic E-state index is 11.7. The number of nitrogens with zero attached hydrogens (tertiary/aromatic N) is 3. The van der Waals surface area contributed by atoms with Crippen molar-refractivity contribution in [1.29, 1.82) is 0 Å². The van der Waals surface area contributed by atoms with Crippen molar-refractivity contribution >= 4 is 96.8 Å². The number of rotatable bonds is 9. The smallest absolute Gasteiger partial charge is 0.287 e. The van der Waals surface area contributed by atoms with Gasteiger partial charge in [0.2, 0.25) is 0 Å². The minimum Gasteiger partial charge on any atom is -0.355 e. The summed E-state index contributed by atoms with van der Waals surface area (Å²) < 4.78 is 18.2. The summed E-state index contributed by atoms with van der Waals surface area (Å²) in [4.78, 5) is 3.68. The van der Waals surface area contributed by atoms with Crippen LogP contribution in [0, 0.1) is 0 Å². The largest absolute Gasteiger partial charge is 0.355 e. The molecule has 0 radical (unpaired) electrons. The van der Waals surface area contributed by atoms with E-state index in [1.54, 1.807) is 4.67 Å². The van der Waals surface area contributed by atoms with Crippen molar-refractivity contribution in [2.45, 2.75) is 0 Å². The lowest BCUT2D eigenvalue weighted by Gasteiger charge is -2.20. The zero-order chi connectivity index (χ0) is 48.7. The van der Waals surface area contributed by atoms with Crippen LogP contribution in [-0.2, 0) is 4.57 Å². The van der Waals surface area contributed by atoms with E-state index in [0.29, 0.717) is 0 Å². The van der Waals surface area contributed by atoms with Crippen LogP contribution in [0.15, 0.2) is 267 Å². The van der Waals surface area contributed by atoms with Gasteiger partial charge in [0.05, 0.1) is 39.1 Å². The second-order valence-corrected chi connectivity index (χ2v) is 18.8. The molecule has 3 heterocycles. The average molecular weight is 956 g/mol. The van der Waals surface area contributed by atoms with Gasteiger partial charge in [-0.2, -0.15) is 0 Å². The minimum absolute atomic E-state index is 0.0758. The maximum Gasteiger partial charge on any atom is 0.287 e. The number of anilines is 4. The number of hydrogen-bond acceptors (Lipinski definition) is 2. The molecule has 14 aromatic rings. The number of hydrogen-bond donors (Lipinski definition) is 2. The topological polar surface area (TPSA) is 58.0 Å². The highest BCUT2D eigenvalue weighted by molar-refractivity contribution is 7.26. The molecule has 346 valence electrons. The summed E-state index contributed by atoms with van der Waals surface area (Å²) in [5.74, 6) is 0. The number of aromatic amines is 1. The molecule has 0 saturated carbocycles.